The molecule has 0 aromatic heterocycles. The molecule has 3 rings (SSSR count). The molecular weight excluding hydrogens is 322 g/mol. The highest BCUT2D eigenvalue weighted by Gasteiger charge is 2.47. The minimum absolute atomic E-state index is 0.266. The Labute approximate surface area is 145 Å². The predicted octanol–water partition coefficient (Wildman–Crippen LogP) is 0.936. The lowest BCUT2D eigenvalue weighted by Crippen LogP contribution is -2.38. The normalized spacial score (nSPS) is 21.9. The van der Waals surface area contributed by atoms with Gasteiger partial charge in [-0.25, -0.2) is 0 Å². The van der Waals surface area contributed by atoms with Gasteiger partial charge in [0.15, 0.2) is 0 Å². The number of nitrogens with one attached hydrogen (secondary N) is 2. The van der Waals surface area contributed by atoms with Gasteiger partial charge in [0.25, 0.3) is 5.91 Å². The van der Waals surface area contributed by atoms with Gasteiger partial charge in [0.05, 0.1) is 11.8 Å². The molecule has 1 saturated heterocycles. The van der Waals surface area contributed by atoms with Crippen LogP contribution >= 0.6 is 0 Å². The molecule has 0 radical (unpaired) electrons. The fraction of sp³-hybridized carbons (Fsp3) is 0.333. The number of carbonyl (C=O) groups excluding carboxylic acids is 4. The molecule has 7 heteroatoms. The maximum atomic E-state index is 12.4. The molecule has 4 amide bonds. The molecule has 1 aromatic carbocycles. The van der Waals surface area contributed by atoms with Crippen LogP contribution in [0.15, 0.2) is 36.4 Å². The molecule has 0 unspecified atom stereocenters. The number of rotatable bonds is 4. The molecule has 2 aliphatic rings. The summed E-state index contributed by atoms with van der Waals surface area (Å²) >= 11 is 0. The van der Waals surface area contributed by atoms with Crippen molar-refractivity contribution in [3.05, 3.63) is 42.0 Å². The summed E-state index contributed by atoms with van der Waals surface area (Å²) in [5.41, 5.74) is 0.843. The van der Waals surface area contributed by atoms with Gasteiger partial charge in [0.1, 0.15) is 6.54 Å². The van der Waals surface area contributed by atoms with Crippen molar-refractivity contribution in [2.75, 3.05) is 18.9 Å². The van der Waals surface area contributed by atoms with E-state index >= 15 is 0 Å². The number of amides is 4. The van der Waals surface area contributed by atoms with Gasteiger partial charge in [0.2, 0.25) is 17.7 Å². The largest absolute Gasteiger partial charge is 0.355 e. The van der Waals surface area contributed by atoms with E-state index in [0.29, 0.717) is 24.1 Å². The summed E-state index contributed by atoms with van der Waals surface area (Å²) in [5, 5.41) is 5.14. The SMILES string of the molecule is CNC(=O)c1cccc(NC(=O)CN2C(=O)[C@H]3CC=CC[C@H]3C2=O)c1. The third-order valence-corrected chi connectivity index (χ3v) is 4.54. The third-order valence-electron chi connectivity index (χ3n) is 4.54. The van der Waals surface area contributed by atoms with Crippen molar-refractivity contribution in [2.24, 2.45) is 11.8 Å². The maximum Gasteiger partial charge on any atom is 0.251 e. The summed E-state index contributed by atoms with van der Waals surface area (Å²) in [6, 6.07) is 6.45. The van der Waals surface area contributed by atoms with Gasteiger partial charge in [-0.15, -0.1) is 0 Å². The predicted molar refractivity (Wildman–Crippen MR) is 90.5 cm³/mol. The highest BCUT2D eigenvalue weighted by molar-refractivity contribution is 6.09. The first-order valence-corrected chi connectivity index (χ1v) is 8.13. The van der Waals surface area contributed by atoms with E-state index in [2.05, 4.69) is 10.6 Å². The number of fused-ring (bicyclic) bond motifs is 1. The monoisotopic (exact) mass is 341 g/mol. The zero-order valence-electron chi connectivity index (χ0n) is 13.8. The number of imide groups is 1. The molecule has 2 atom stereocenters. The second kappa shape index (κ2) is 6.88. The Morgan fingerprint density at radius 1 is 1.12 bits per heavy atom. The van der Waals surface area contributed by atoms with Crippen molar-refractivity contribution in [3.8, 4) is 0 Å². The topological polar surface area (TPSA) is 95.6 Å². The fourth-order valence-electron chi connectivity index (χ4n) is 3.25. The molecule has 1 fully saturated rings. The Morgan fingerprint density at radius 2 is 1.76 bits per heavy atom. The lowest BCUT2D eigenvalue weighted by molar-refractivity contribution is -0.142. The number of hydrogen-bond acceptors (Lipinski definition) is 4. The highest BCUT2D eigenvalue weighted by atomic mass is 16.2. The van der Waals surface area contributed by atoms with Crippen LogP contribution in [0.1, 0.15) is 23.2 Å². The first-order chi connectivity index (χ1) is 12.0. The summed E-state index contributed by atoms with van der Waals surface area (Å²) in [6.45, 7) is -0.311. The number of hydrogen-bond donors (Lipinski definition) is 2. The maximum absolute atomic E-state index is 12.4. The Kier molecular flexibility index (Phi) is 4.65. The quantitative estimate of drug-likeness (QED) is 0.629. The van der Waals surface area contributed by atoms with Crippen LogP contribution in [-0.4, -0.2) is 42.1 Å². The van der Waals surface area contributed by atoms with Crippen LogP contribution in [0.2, 0.25) is 0 Å². The Balaban J connectivity index is 1.66. The van der Waals surface area contributed by atoms with Gasteiger partial charge in [0, 0.05) is 18.3 Å². The molecule has 1 aromatic rings. The van der Waals surface area contributed by atoms with Crippen LogP contribution < -0.4 is 10.6 Å². The minimum Gasteiger partial charge on any atom is -0.355 e. The average Bonchev–Trinajstić information content (AvgIpc) is 2.86. The van der Waals surface area contributed by atoms with Gasteiger partial charge in [-0.1, -0.05) is 18.2 Å². The first-order valence-electron chi connectivity index (χ1n) is 8.13. The molecule has 7 nitrogen and oxygen atoms in total. The van der Waals surface area contributed by atoms with Crippen molar-refractivity contribution in [1.29, 1.82) is 0 Å². The van der Waals surface area contributed by atoms with Crippen molar-refractivity contribution >= 4 is 29.3 Å². The third kappa shape index (κ3) is 3.31. The van der Waals surface area contributed by atoms with E-state index in [1.54, 1.807) is 18.2 Å². The molecule has 1 aliphatic heterocycles. The Bertz CT molecular complexity index is 745. The molecule has 0 saturated carbocycles. The van der Waals surface area contributed by atoms with Gasteiger partial charge in [-0.05, 0) is 31.0 Å². The zero-order chi connectivity index (χ0) is 18.0. The minimum atomic E-state index is -0.470. The summed E-state index contributed by atoms with van der Waals surface area (Å²) in [5.74, 6) is -1.99. The Morgan fingerprint density at radius 3 is 2.36 bits per heavy atom. The van der Waals surface area contributed by atoms with Crippen molar-refractivity contribution in [1.82, 2.24) is 10.2 Å². The van der Waals surface area contributed by atoms with Crippen LogP contribution in [0, 0.1) is 11.8 Å². The number of allylic oxidation sites excluding steroid dienone is 2. The van der Waals surface area contributed by atoms with E-state index < -0.39 is 5.91 Å². The van der Waals surface area contributed by atoms with Crippen molar-refractivity contribution in [2.45, 2.75) is 12.8 Å². The van der Waals surface area contributed by atoms with Crippen LogP contribution in [0.25, 0.3) is 0 Å². The van der Waals surface area contributed by atoms with Crippen LogP contribution in [0.4, 0.5) is 5.69 Å². The van der Waals surface area contributed by atoms with E-state index in [1.807, 2.05) is 12.2 Å². The molecule has 0 bridgehead atoms. The fourth-order valence-corrected chi connectivity index (χ4v) is 3.25. The number of likely N-dealkylation sites (tertiary alicyclic amines) is 1. The van der Waals surface area contributed by atoms with Crippen molar-refractivity contribution < 1.29 is 19.2 Å². The lowest BCUT2D eigenvalue weighted by Gasteiger charge is -2.14. The van der Waals surface area contributed by atoms with Gasteiger partial charge in [-0.3, -0.25) is 24.1 Å². The van der Waals surface area contributed by atoms with Crippen molar-refractivity contribution in [3.63, 3.8) is 0 Å². The van der Waals surface area contributed by atoms with Gasteiger partial charge >= 0.3 is 0 Å². The van der Waals surface area contributed by atoms with E-state index in [1.165, 1.54) is 13.1 Å². The number of benzene rings is 1. The summed E-state index contributed by atoms with van der Waals surface area (Å²) < 4.78 is 0. The molecule has 130 valence electrons. The molecule has 25 heavy (non-hydrogen) atoms. The lowest BCUT2D eigenvalue weighted by atomic mass is 9.85. The number of nitrogens with zero attached hydrogens (tertiary/aromatic N) is 1. The summed E-state index contributed by atoms with van der Waals surface area (Å²) in [6.07, 6.45) is 4.89. The van der Waals surface area contributed by atoms with Crippen LogP contribution in [0.3, 0.4) is 0 Å². The molecular formula is C18H19N3O4. The smallest absolute Gasteiger partial charge is 0.251 e. The second-order valence-electron chi connectivity index (χ2n) is 6.13. The average molecular weight is 341 g/mol. The molecule has 0 spiro atoms. The first kappa shape index (κ1) is 16.9. The molecule has 1 aliphatic carbocycles. The Hall–Kier alpha value is -2.96. The van der Waals surface area contributed by atoms with Crippen LogP contribution in [-0.2, 0) is 14.4 Å². The van der Waals surface area contributed by atoms with E-state index in [-0.39, 0.29) is 36.1 Å². The summed E-state index contributed by atoms with van der Waals surface area (Å²) in [4.78, 5) is 49.6. The number of anilines is 1. The number of carbonyl (C=O) groups is 4. The van der Waals surface area contributed by atoms with Gasteiger partial charge < -0.3 is 10.6 Å². The molecule has 1 heterocycles. The van der Waals surface area contributed by atoms with E-state index in [0.717, 1.165) is 4.90 Å². The second-order valence-corrected chi connectivity index (χ2v) is 6.13. The molecule has 2 N–H and O–H groups in total. The van der Waals surface area contributed by atoms with Crippen LogP contribution in [0.5, 0.6) is 0 Å². The van der Waals surface area contributed by atoms with E-state index in [9.17, 15) is 19.2 Å². The highest BCUT2D eigenvalue weighted by Crippen LogP contribution is 2.34. The van der Waals surface area contributed by atoms with Gasteiger partial charge in [-0.2, -0.15) is 0 Å². The standard InChI is InChI=1S/C18H19N3O4/c1-19-16(23)11-5-4-6-12(9-11)20-15(22)10-21-17(24)13-7-2-3-8-14(13)18(21)25/h2-6,9,13-14H,7-8,10H2,1H3,(H,19,23)(H,20,22)/t13-,14+. The summed E-state index contributed by atoms with van der Waals surface area (Å²) in [7, 11) is 1.52. The van der Waals surface area contributed by atoms with E-state index in [4.69, 9.17) is 0 Å². The zero-order valence-corrected chi connectivity index (χ0v) is 13.8.